The summed E-state index contributed by atoms with van der Waals surface area (Å²) in [5, 5.41) is 15.4. The summed E-state index contributed by atoms with van der Waals surface area (Å²) < 4.78 is 5.12. The standard InChI is InChI=1S/C11H22N2O3/c1-11(2,3)16-10(15)13-7-8-6-9(14)4-5-12-8/h8-9,12,14H,4-7H2,1-3H3,(H,13,15). The van der Waals surface area contributed by atoms with Gasteiger partial charge in [-0.2, -0.15) is 0 Å². The van der Waals surface area contributed by atoms with Gasteiger partial charge in [-0.1, -0.05) is 0 Å². The molecule has 1 aliphatic rings. The van der Waals surface area contributed by atoms with Gasteiger partial charge >= 0.3 is 6.09 Å². The number of carbonyl (C=O) groups is 1. The average Bonchev–Trinajstić information content (AvgIpc) is 2.12. The average molecular weight is 230 g/mol. The molecule has 94 valence electrons. The van der Waals surface area contributed by atoms with Crippen LogP contribution in [-0.4, -0.2) is 42.0 Å². The molecule has 1 saturated heterocycles. The molecule has 0 aromatic carbocycles. The minimum absolute atomic E-state index is 0.135. The number of piperidine rings is 1. The van der Waals surface area contributed by atoms with Crippen LogP contribution in [0.4, 0.5) is 4.79 Å². The Morgan fingerprint density at radius 2 is 2.25 bits per heavy atom. The van der Waals surface area contributed by atoms with Crippen LogP contribution in [0.3, 0.4) is 0 Å². The molecule has 0 saturated carbocycles. The summed E-state index contributed by atoms with van der Waals surface area (Å²) >= 11 is 0. The molecular weight excluding hydrogens is 208 g/mol. The summed E-state index contributed by atoms with van der Waals surface area (Å²) in [6.07, 6.45) is 0.791. The van der Waals surface area contributed by atoms with Gasteiger partial charge in [0.05, 0.1) is 6.10 Å². The predicted molar refractivity (Wildman–Crippen MR) is 61.3 cm³/mol. The van der Waals surface area contributed by atoms with Crippen LogP contribution in [0.25, 0.3) is 0 Å². The zero-order valence-electron chi connectivity index (χ0n) is 10.2. The van der Waals surface area contributed by atoms with E-state index in [1.165, 1.54) is 0 Å². The number of hydrogen-bond donors (Lipinski definition) is 3. The molecule has 5 heteroatoms. The summed E-state index contributed by atoms with van der Waals surface area (Å²) in [5.74, 6) is 0. The number of nitrogens with one attached hydrogen (secondary N) is 2. The highest BCUT2D eigenvalue weighted by atomic mass is 16.6. The molecule has 2 unspecified atom stereocenters. The molecular formula is C11H22N2O3. The fourth-order valence-electron chi connectivity index (χ4n) is 1.66. The minimum atomic E-state index is -0.469. The Balaban J connectivity index is 2.21. The van der Waals surface area contributed by atoms with E-state index in [1.54, 1.807) is 0 Å². The molecule has 0 bridgehead atoms. The molecule has 0 spiro atoms. The lowest BCUT2D eigenvalue weighted by atomic mass is 10.0. The van der Waals surface area contributed by atoms with Crippen molar-refractivity contribution < 1.29 is 14.6 Å². The van der Waals surface area contributed by atoms with Crippen LogP contribution < -0.4 is 10.6 Å². The molecule has 2 atom stereocenters. The third-order valence-corrected chi connectivity index (χ3v) is 2.36. The number of aliphatic hydroxyl groups is 1. The number of rotatable bonds is 2. The summed E-state index contributed by atoms with van der Waals surface area (Å²) in [4.78, 5) is 11.4. The van der Waals surface area contributed by atoms with Crippen molar-refractivity contribution in [2.45, 2.75) is 51.4 Å². The Morgan fingerprint density at radius 3 is 2.81 bits per heavy atom. The number of alkyl carbamates (subject to hydrolysis) is 1. The van der Waals surface area contributed by atoms with Gasteiger partial charge in [-0.3, -0.25) is 0 Å². The van der Waals surface area contributed by atoms with Crippen molar-refractivity contribution in [3.8, 4) is 0 Å². The largest absolute Gasteiger partial charge is 0.444 e. The van der Waals surface area contributed by atoms with Crippen molar-refractivity contribution in [1.29, 1.82) is 0 Å². The fourth-order valence-corrected chi connectivity index (χ4v) is 1.66. The maximum Gasteiger partial charge on any atom is 0.407 e. The van der Waals surface area contributed by atoms with Crippen molar-refractivity contribution in [1.82, 2.24) is 10.6 Å². The topological polar surface area (TPSA) is 70.6 Å². The van der Waals surface area contributed by atoms with Gasteiger partial charge in [-0.15, -0.1) is 0 Å². The first kappa shape index (κ1) is 13.3. The second-order valence-electron chi connectivity index (χ2n) is 5.21. The number of ether oxygens (including phenoxy) is 1. The van der Waals surface area contributed by atoms with Gasteiger partial charge in [0.2, 0.25) is 0 Å². The molecule has 0 radical (unpaired) electrons. The highest BCUT2D eigenvalue weighted by Crippen LogP contribution is 2.09. The van der Waals surface area contributed by atoms with E-state index < -0.39 is 11.7 Å². The van der Waals surface area contributed by atoms with Crippen LogP contribution in [0.1, 0.15) is 33.6 Å². The Kier molecular flexibility index (Phi) is 4.56. The van der Waals surface area contributed by atoms with Crippen LogP contribution in [0, 0.1) is 0 Å². The molecule has 0 aliphatic carbocycles. The van der Waals surface area contributed by atoms with Crippen LogP contribution in [0.15, 0.2) is 0 Å². The van der Waals surface area contributed by atoms with Gasteiger partial charge in [0.15, 0.2) is 0 Å². The van der Waals surface area contributed by atoms with E-state index in [0.29, 0.717) is 13.0 Å². The molecule has 1 amide bonds. The first-order valence-electron chi connectivity index (χ1n) is 5.75. The number of amides is 1. The van der Waals surface area contributed by atoms with Gasteiger partial charge in [0, 0.05) is 12.6 Å². The van der Waals surface area contributed by atoms with E-state index in [9.17, 15) is 9.90 Å². The molecule has 0 aromatic rings. The van der Waals surface area contributed by atoms with E-state index in [-0.39, 0.29) is 12.1 Å². The van der Waals surface area contributed by atoms with Gasteiger partial charge < -0.3 is 20.5 Å². The summed E-state index contributed by atoms with van der Waals surface area (Å²) in [7, 11) is 0. The van der Waals surface area contributed by atoms with Crippen molar-refractivity contribution in [2.24, 2.45) is 0 Å². The molecule has 0 aromatic heterocycles. The van der Waals surface area contributed by atoms with Crippen molar-refractivity contribution in [3.05, 3.63) is 0 Å². The zero-order chi connectivity index (χ0) is 12.2. The van der Waals surface area contributed by atoms with Crippen molar-refractivity contribution in [3.63, 3.8) is 0 Å². The first-order valence-corrected chi connectivity index (χ1v) is 5.75. The van der Waals surface area contributed by atoms with Crippen LogP contribution in [0.2, 0.25) is 0 Å². The van der Waals surface area contributed by atoms with E-state index in [0.717, 1.165) is 13.0 Å². The minimum Gasteiger partial charge on any atom is -0.444 e. The predicted octanol–water partition coefficient (Wildman–Crippen LogP) is 0.624. The summed E-state index contributed by atoms with van der Waals surface area (Å²) in [5.41, 5.74) is -0.469. The number of aliphatic hydroxyl groups excluding tert-OH is 1. The summed E-state index contributed by atoms with van der Waals surface area (Å²) in [6.45, 7) is 6.77. The maximum atomic E-state index is 11.4. The van der Waals surface area contributed by atoms with Gasteiger partial charge in [-0.05, 0) is 40.2 Å². The number of hydrogen-bond acceptors (Lipinski definition) is 4. The molecule has 16 heavy (non-hydrogen) atoms. The second kappa shape index (κ2) is 5.50. The fraction of sp³-hybridized carbons (Fsp3) is 0.909. The Labute approximate surface area is 96.6 Å². The lowest BCUT2D eigenvalue weighted by Crippen LogP contribution is -2.47. The quantitative estimate of drug-likeness (QED) is 0.650. The van der Waals surface area contributed by atoms with E-state index >= 15 is 0 Å². The lowest BCUT2D eigenvalue weighted by Gasteiger charge is -2.28. The molecule has 1 rings (SSSR count). The van der Waals surface area contributed by atoms with Crippen molar-refractivity contribution in [2.75, 3.05) is 13.1 Å². The monoisotopic (exact) mass is 230 g/mol. The highest BCUT2D eigenvalue weighted by molar-refractivity contribution is 5.67. The summed E-state index contributed by atoms with van der Waals surface area (Å²) in [6, 6.07) is 0.135. The Hall–Kier alpha value is -0.810. The highest BCUT2D eigenvalue weighted by Gasteiger charge is 2.21. The number of carbonyl (C=O) groups excluding carboxylic acids is 1. The molecule has 5 nitrogen and oxygen atoms in total. The van der Waals surface area contributed by atoms with Gasteiger partial charge in [0.25, 0.3) is 0 Å². The zero-order valence-corrected chi connectivity index (χ0v) is 10.2. The van der Waals surface area contributed by atoms with Crippen LogP contribution in [-0.2, 0) is 4.74 Å². The van der Waals surface area contributed by atoms with Crippen molar-refractivity contribution >= 4 is 6.09 Å². The second-order valence-corrected chi connectivity index (χ2v) is 5.21. The van der Waals surface area contributed by atoms with E-state index in [2.05, 4.69) is 10.6 Å². The van der Waals surface area contributed by atoms with Crippen LogP contribution in [0.5, 0.6) is 0 Å². The third kappa shape index (κ3) is 5.32. The molecule has 3 N–H and O–H groups in total. The lowest BCUT2D eigenvalue weighted by molar-refractivity contribution is 0.0507. The van der Waals surface area contributed by atoms with E-state index in [4.69, 9.17) is 4.74 Å². The molecule has 1 fully saturated rings. The van der Waals surface area contributed by atoms with Gasteiger partial charge in [-0.25, -0.2) is 4.79 Å². The maximum absolute atomic E-state index is 11.4. The van der Waals surface area contributed by atoms with Crippen LogP contribution >= 0.6 is 0 Å². The molecule has 1 aliphatic heterocycles. The first-order chi connectivity index (χ1) is 7.37. The molecule has 1 heterocycles. The SMILES string of the molecule is CC(C)(C)OC(=O)NCC1CC(O)CCN1. The smallest absolute Gasteiger partial charge is 0.407 e. The Morgan fingerprint density at radius 1 is 1.56 bits per heavy atom. The normalized spacial score (nSPS) is 26.2. The third-order valence-electron chi connectivity index (χ3n) is 2.36. The van der Waals surface area contributed by atoms with Gasteiger partial charge in [0.1, 0.15) is 5.60 Å². The Bertz CT molecular complexity index is 238. The van der Waals surface area contributed by atoms with E-state index in [1.807, 2.05) is 20.8 Å².